The van der Waals surface area contributed by atoms with E-state index in [0.29, 0.717) is 12.5 Å². The highest BCUT2D eigenvalue weighted by Crippen LogP contribution is 2.22. The van der Waals surface area contributed by atoms with E-state index < -0.39 is 0 Å². The molecule has 1 saturated heterocycles. The summed E-state index contributed by atoms with van der Waals surface area (Å²) in [5.74, 6) is 0.389. The summed E-state index contributed by atoms with van der Waals surface area (Å²) in [7, 11) is 0. The van der Waals surface area contributed by atoms with Crippen molar-refractivity contribution in [2.75, 3.05) is 11.9 Å². The standard InChI is InChI=1S/C12H22BrNO2/c1-4-12(3,6-7-13)14-11(15)10-9(2)5-8-16-10/h9-10H,4-8H2,1-3H3,(H,14,15). The number of alkyl halides is 1. The molecule has 1 heterocycles. The molecule has 0 bridgehead atoms. The minimum Gasteiger partial charge on any atom is -0.368 e. The Hall–Kier alpha value is -0.0900. The summed E-state index contributed by atoms with van der Waals surface area (Å²) < 4.78 is 5.47. The van der Waals surface area contributed by atoms with Crippen LogP contribution in [0.15, 0.2) is 0 Å². The first-order valence-corrected chi connectivity index (χ1v) is 7.14. The molecule has 0 aromatic heterocycles. The summed E-state index contributed by atoms with van der Waals surface area (Å²) in [5.41, 5.74) is -0.119. The van der Waals surface area contributed by atoms with Gasteiger partial charge >= 0.3 is 0 Å². The van der Waals surface area contributed by atoms with Crippen molar-refractivity contribution in [2.24, 2.45) is 5.92 Å². The molecule has 1 aliphatic rings. The number of hydrogen-bond acceptors (Lipinski definition) is 2. The van der Waals surface area contributed by atoms with Crippen molar-refractivity contribution in [3.63, 3.8) is 0 Å². The molecule has 1 N–H and O–H groups in total. The Morgan fingerprint density at radius 1 is 1.62 bits per heavy atom. The summed E-state index contributed by atoms with van der Waals surface area (Å²) in [5, 5.41) is 4.02. The third kappa shape index (κ3) is 3.45. The molecular weight excluding hydrogens is 270 g/mol. The van der Waals surface area contributed by atoms with Crippen LogP contribution >= 0.6 is 15.9 Å². The number of hydrogen-bond donors (Lipinski definition) is 1. The normalized spacial score (nSPS) is 28.8. The molecule has 0 aromatic rings. The van der Waals surface area contributed by atoms with Crippen LogP contribution in [-0.4, -0.2) is 29.5 Å². The summed E-state index contributed by atoms with van der Waals surface area (Å²) >= 11 is 3.43. The number of carbonyl (C=O) groups excluding carboxylic acids is 1. The summed E-state index contributed by atoms with van der Waals surface area (Å²) in [6.45, 7) is 6.97. The Morgan fingerprint density at radius 2 is 2.31 bits per heavy atom. The second kappa shape index (κ2) is 6.01. The predicted octanol–water partition coefficient (Wildman–Crippen LogP) is 2.48. The summed E-state index contributed by atoms with van der Waals surface area (Å²) in [6, 6.07) is 0. The van der Waals surface area contributed by atoms with E-state index in [9.17, 15) is 4.79 Å². The van der Waals surface area contributed by atoms with E-state index in [4.69, 9.17) is 4.74 Å². The van der Waals surface area contributed by atoms with Crippen LogP contribution in [-0.2, 0) is 9.53 Å². The molecule has 0 aliphatic carbocycles. The van der Waals surface area contributed by atoms with Gasteiger partial charge in [-0.15, -0.1) is 0 Å². The van der Waals surface area contributed by atoms with Crippen molar-refractivity contribution in [2.45, 2.75) is 51.7 Å². The molecule has 4 heteroatoms. The smallest absolute Gasteiger partial charge is 0.249 e. The second-order valence-electron chi connectivity index (χ2n) is 4.90. The lowest BCUT2D eigenvalue weighted by Gasteiger charge is -2.30. The maximum Gasteiger partial charge on any atom is 0.249 e. The van der Waals surface area contributed by atoms with E-state index in [1.165, 1.54) is 0 Å². The molecule has 0 aromatic carbocycles. The van der Waals surface area contributed by atoms with E-state index in [2.05, 4.69) is 42.0 Å². The van der Waals surface area contributed by atoms with Crippen molar-refractivity contribution in [3.8, 4) is 0 Å². The van der Waals surface area contributed by atoms with Crippen LogP contribution in [0.2, 0.25) is 0 Å². The average molecular weight is 292 g/mol. The lowest BCUT2D eigenvalue weighted by atomic mass is 9.94. The highest BCUT2D eigenvalue weighted by molar-refractivity contribution is 9.09. The van der Waals surface area contributed by atoms with Crippen LogP contribution < -0.4 is 5.32 Å². The maximum absolute atomic E-state index is 12.1. The van der Waals surface area contributed by atoms with Crippen molar-refractivity contribution in [3.05, 3.63) is 0 Å². The number of rotatable bonds is 5. The van der Waals surface area contributed by atoms with Gasteiger partial charge in [-0.1, -0.05) is 29.8 Å². The first-order chi connectivity index (χ1) is 7.52. The van der Waals surface area contributed by atoms with Crippen LogP contribution in [0.3, 0.4) is 0 Å². The Bertz CT molecular complexity index is 247. The number of amides is 1. The van der Waals surface area contributed by atoms with Gasteiger partial charge in [0.05, 0.1) is 0 Å². The fraction of sp³-hybridized carbons (Fsp3) is 0.917. The van der Waals surface area contributed by atoms with Crippen LogP contribution in [0.5, 0.6) is 0 Å². The molecule has 3 atom stereocenters. The largest absolute Gasteiger partial charge is 0.368 e. The Morgan fingerprint density at radius 3 is 2.75 bits per heavy atom. The van der Waals surface area contributed by atoms with Crippen molar-refractivity contribution in [1.82, 2.24) is 5.32 Å². The van der Waals surface area contributed by atoms with Gasteiger partial charge in [-0.2, -0.15) is 0 Å². The van der Waals surface area contributed by atoms with Gasteiger partial charge in [-0.3, -0.25) is 4.79 Å². The second-order valence-corrected chi connectivity index (χ2v) is 5.69. The third-order valence-corrected chi connectivity index (χ3v) is 3.89. The molecule has 0 saturated carbocycles. The lowest BCUT2D eigenvalue weighted by Crippen LogP contribution is -2.50. The fourth-order valence-corrected chi connectivity index (χ4v) is 2.81. The molecule has 1 aliphatic heterocycles. The van der Waals surface area contributed by atoms with Crippen LogP contribution in [0.25, 0.3) is 0 Å². The topological polar surface area (TPSA) is 38.3 Å². The summed E-state index contributed by atoms with van der Waals surface area (Å²) in [6.07, 6.45) is 2.61. The molecule has 94 valence electrons. The third-order valence-electron chi connectivity index (χ3n) is 3.50. The Kier molecular flexibility index (Phi) is 5.25. The predicted molar refractivity (Wildman–Crippen MR) is 68.8 cm³/mol. The maximum atomic E-state index is 12.1. The fourth-order valence-electron chi connectivity index (χ4n) is 1.94. The first kappa shape index (κ1) is 14.0. The molecule has 3 unspecified atom stereocenters. The molecule has 16 heavy (non-hydrogen) atoms. The number of ether oxygens (including phenoxy) is 1. The van der Waals surface area contributed by atoms with Gasteiger partial charge in [0.2, 0.25) is 5.91 Å². The van der Waals surface area contributed by atoms with Crippen molar-refractivity contribution >= 4 is 21.8 Å². The SMILES string of the molecule is CCC(C)(CCBr)NC(=O)C1OCCC1C. The van der Waals surface area contributed by atoms with Gasteiger partial charge in [0.1, 0.15) is 6.10 Å². The van der Waals surface area contributed by atoms with Gasteiger partial charge in [0.25, 0.3) is 0 Å². The summed E-state index contributed by atoms with van der Waals surface area (Å²) in [4.78, 5) is 12.1. The Labute approximate surface area is 106 Å². The van der Waals surface area contributed by atoms with Gasteiger partial charge in [-0.05, 0) is 32.1 Å². The van der Waals surface area contributed by atoms with Crippen molar-refractivity contribution < 1.29 is 9.53 Å². The monoisotopic (exact) mass is 291 g/mol. The zero-order chi connectivity index (χ0) is 12.2. The highest BCUT2D eigenvalue weighted by Gasteiger charge is 2.34. The van der Waals surface area contributed by atoms with Crippen LogP contribution in [0.4, 0.5) is 0 Å². The van der Waals surface area contributed by atoms with E-state index in [0.717, 1.165) is 24.6 Å². The average Bonchev–Trinajstić information content (AvgIpc) is 2.65. The first-order valence-electron chi connectivity index (χ1n) is 6.02. The van der Waals surface area contributed by atoms with E-state index in [1.807, 2.05) is 0 Å². The number of halogens is 1. The van der Waals surface area contributed by atoms with Gasteiger partial charge in [-0.25, -0.2) is 0 Å². The zero-order valence-corrected chi connectivity index (χ0v) is 12.0. The van der Waals surface area contributed by atoms with Gasteiger partial charge < -0.3 is 10.1 Å². The number of nitrogens with one attached hydrogen (secondary N) is 1. The van der Waals surface area contributed by atoms with Crippen molar-refractivity contribution in [1.29, 1.82) is 0 Å². The molecule has 0 radical (unpaired) electrons. The van der Waals surface area contributed by atoms with Gasteiger partial charge in [0, 0.05) is 17.5 Å². The molecule has 1 amide bonds. The lowest BCUT2D eigenvalue weighted by molar-refractivity contribution is -0.133. The minimum atomic E-state index is -0.249. The Balaban J connectivity index is 2.54. The van der Waals surface area contributed by atoms with Gasteiger partial charge in [0.15, 0.2) is 0 Å². The van der Waals surface area contributed by atoms with Crippen LogP contribution in [0, 0.1) is 5.92 Å². The quantitative estimate of drug-likeness (QED) is 0.791. The molecule has 1 fully saturated rings. The minimum absolute atomic E-state index is 0.0512. The van der Waals surface area contributed by atoms with Crippen LogP contribution in [0.1, 0.15) is 40.0 Å². The highest BCUT2D eigenvalue weighted by atomic mass is 79.9. The molecule has 0 spiro atoms. The molecule has 3 nitrogen and oxygen atoms in total. The number of carbonyl (C=O) groups is 1. The molecular formula is C12H22BrNO2. The van der Waals surface area contributed by atoms with E-state index >= 15 is 0 Å². The van der Waals surface area contributed by atoms with E-state index in [-0.39, 0.29) is 17.6 Å². The zero-order valence-electron chi connectivity index (χ0n) is 10.4. The van der Waals surface area contributed by atoms with E-state index in [1.54, 1.807) is 0 Å². The molecule has 1 rings (SSSR count).